The largest absolute Gasteiger partial charge is 0.497 e. The second-order valence-electron chi connectivity index (χ2n) is 6.65. The molecule has 0 aliphatic carbocycles. The monoisotopic (exact) mass is 404 g/mol. The minimum atomic E-state index is -0.430. The predicted molar refractivity (Wildman–Crippen MR) is 116 cm³/mol. The van der Waals surface area contributed by atoms with Gasteiger partial charge in [-0.15, -0.1) is 0 Å². The molecule has 154 valence electrons. The van der Waals surface area contributed by atoms with E-state index in [1.165, 1.54) is 0 Å². The zero-order valence-corrected chi connectivity index (χ0v) is 17.5. The first kappa shape index (κ1) is 21.0. The number of nitrogens with zero attached hydrogens (tertiary/aromatic N) is 2. The number of azo groups is 1. The average Bonchev–Trinajstić information content (AvgIpc) is 2.74. The maximum Gasteiger partial charge on any atom is 0.343 e. The molecule has 3 aromatic rings. The van der Waals surface area contributed by atoms with E-state index in [9.17, 15) is 4.79 Å². The van der Waals surface area contributed by atoms with Gasteiger partial charge in [0.2, 0.25) is 0 Å². The summed E-state index contributed by atoms with van der Waals surface area (Å²) in [4.78, 5) is 12.4. The van der Waals surface area contributed by atoms with Crippen molar-refractivity contribution in [3.05, 3.63) is 77.4 Å². The first-order chi connectivity index (χ1) is 14.5. The number of methoxy groups -OCH3 is 1. The Labute approximate surface area is 176 Å². The summed E-state index contributed by atoms with van der Waals surface area (Å²) in [5.41, 5.74) is 3.65. The van der Waals surface area contributed by atoms with E-state index in [1.54, 1.807) is 43.5 Å². The van der Waals surface area contributed by atoms with E-state index in [0.717, 1.165) is 28.3 Å². The lowest BCUT2D eigenvalue weighted by molar-refractivity contribution is 0.0734. The highest BCUT2D eigenvalue weighted by Crippen LogP contribution is 2.31. The quantitative estimate of drug-likeness (QED) is 0.261. The van der Waals surface area contributed by atoms with Gasteiger partial charge in [-0.3, -0.25) is 0 Å². The number of carbonyl (C=O) groups excluding carboxylic acids is 1. The summed E-state index contributed by atoms with van der Waals surface area (Å²) in [7, 11) is 1.58. The molecule has 3 aromatic carbocycles. The summed E-state index contributed by atoms with van der Waals surface area (Å²) in [6.45, 7) is 6.38. The minimum absolute atomic E-state index is 0.430. The first-order valence-electron chi connectivity index (χ1n) is 9.62. The molecule has 0 amide bonds. The molecule has 0 radical (unpaired) electrons. The van der Waals surface area contributed by atoms with Crippen LogP contribution in [0.1, 0.15) is 28.4 Å². The van der Waals surface area contributed by atoms with E-state index < -0.39 is 5.97 Å². The molecule has 0 aromatic heterocycles. The predicted octanol–water partition coefficient (Wildman–Crippen LogP) is 6.35. The Morgan fingerprint density at radius 2 is 1.43 bits per heavy atom. The lowest BCUT2D eigenvalue weighted by Crippen LogP contribution is -2.08. The number of hydrogen-bond donors (Lipinski definition) is 0. The number of hydrogen-bond acceptors (Lipinski definition) is 6. The lowest BCUT2D eigenvalue weighted by Gasteiger charge is -2.09. The molecule has 3 rings (SSSR count). The zero-order valence-electron chi connectivity index (χ0n) is 17.5. The van der Waals surface area contributed by atoms with Crippen LogP contribution in [0.3, 0.4) is 0 Å². The van der Waals surface area contributed by atoms with Crippen LogP contribution in [0.2, 0.25) is 0 Å². The fraction of sp³-hybridized carbons (Fsp3) is 0.208. The number of ether oxygens (including phenoxy) is 3. The molecule has 0 unspecified atom stereocenters. The highest BCUT2D eigenvalue weighted by atomic mass is 16.5. The molecule has 0 saturated heterocycles. The van der Waals surface area contributed by atoms with Gasteiger partial charge < -0.3 is 14.2 Å². The first-order valence-corrected chi connectivity index (χ1v) is 9.62. The van der Waals surface area contributed by atoms with Crippen molar-refractivity contribution < 1.29 is 19.0 Å². The summed E-state index contributed by atoms with van der Waals surface area (Å²) in [5, 5.41) is 8.68. The van der Waals surface area contributed by atoms with Crippen LogP contribution in [0, 0.1) is 13.8 Å². The van der Waals surface area contributed by atoms with E-state index in [4.69, 9.17) is 14.2 Å². The van der Waals surface area contributed by atoms with Gasteiger partial charge in [0.15, 0.2) is 0 Å². The molecule has 0 saturated carbocycles. The van der Waals surface area contributed by atoms with Crippen LogP contribution in [0.5, 0.6) is 17.2 Å². The fourth-order valence-corrected chi connectivity index (χ4v) is 2.91. The Morgan fingerprint density at radius 1 is 0.833 bits per heavy atom. The summed E-state index contributed by atoms with van der Waals surface area (Å²) in [6.07, 6.45) is 0. The zero-order chi connectivity index (χ0) is 21.5. The van der Waals surface area contributed by atoms with Gasteiger partial charge in [0, 0.05) is 0 Å². The number of benzene rings is 3. The highest BCUT2D eigenvalue weighted by Gasteiger charge is 2.12. The third-order valence-corrected chi connectivity index (χ3v) is 4.41. The standard InChI is InChI=1S/C24H24N2O4/c1-5-29-21-12-8-19(9-13-21)25-26-23-16(2)14-22(15-17(23)3)30-24(27)18-6-10-20(28-4)11-7-18/h6-15H,5H2,1-4H3. The third-order valence-electron chi connectivity index (χ3n) is 4.41. The number of rotatable bonds is 7. The molecule has 0 spiro atoms. The second-order valence-corrected chi connectivity index (χ2v) is 6.65. The van der Waals surface area contributed by atoms with Crippen LogP contribution in [0.4, 0.5) is 11.4 Å². The molecule has 0 aliphatic heterocycles. The van der Waals surface area contributed by atoms with Gasteiger partial charge in [-0.05, 0) is 92.6 Å². The van der Waals surface area contributed by atoms with Crippen molar-refractivity contribution in [2.75, 3.05) is 13.7 Å². The maximum atomic E-state index is 12.4. The van der Waals surface area contributed by atoms with Crippen molar-refractivity contribution in [2.45, 2.75) is 20.8 Å². The van der Waals surface area contributed by atoms with E-state index in [1.807, 2.05) is 45.0 Å². The maximum absolute atomic E-state index is 12.4. The summed E-state index contributed by atoms with van der Waals surface area (Å²) in [5.74, 6) is 1.51. The minimum Gasteiger partial charge on any atom is -0.497 e. The number of esters is 1. The Balaban J connectivity index is 1.73. The normalized spacial score (nSPS) is 10.8. The molecule has 0 N–H and O–H groups in total. The number of carbonyl (C=O) groups is 1. The molecule has 0 heterocycles. The molecule has 0 aliphatic rings. The van der Waals surface area contributed by atoms with Crippen molar-refractivity contribution in [3.63, 3.8) is 0 Å². The Hall–Kier alpha value is -3.67. The van der Waals surface area contributed by atoms with E-state index in [-0.39, 0.29) is 0 Å². The highest BCUT2D eigenvalue weighted by molar-refractivity contribution is 5.91. The summed E-state index contributed by atoms with van der Waals surface area (Å²) < 4.78 is 16.1. The van der Waals surface area contributed by atoms with Gasteiger partial charge in [-0.25, -0.2) is 4.79 Å². The van der Waals surface area contributed by atoms with E-state index in [0.29, 0.717) is 23.7 Å². The van der Waals surface area contributed by atoms with Gasteiger partial charge in [-0.2, -0.15) is 10.2 Å². The van der Waals surface area contributed by atoms with Crippen LogP contribution in [-0.4, -0.2) is 19.7 Å². The van der Waals surface area contributed by atoms with Gasteiger partial charge in [0.05, 0.1) is 30.7 Å². The van der Waals surface area contributed by atoms with Gasteiger partial charge in [-0.1, -0.05) is 0 Å². The topological polar surface area (TPSA) is 69.5 Å². The van der Waals surface area contributed by atoms with Crippen LogP contribution >= 0.6 is 0 Å². The van der Waals surface area contributed by atoms with Crippen LogP contribution in [0.25, 0.3) is 0 Å². The number of aryl methyl sites for hydroxylation is 2. The van der Waals surface area contributed by atoms with E-state index in [2.05, 4.69) is 10.2 Å². The van der Waals surface area contributed by atoms with Gasteiger partial charge in [0.25, 0.3) is 0 Å². The molecule has 6 nitrogen and oxygen atoms in total. The average molecular weight is 404 g/mol. The van der Waals surface area contributed by atoms with Crippen molar-refractivity contribution in [3.8, 4) is 17.2 Å². The van der Waals surface area contributed by atoms with E-state index >= 15 is 0 Å². The molecule has 30 heavy (non-hydrogen) atoms. The molecular formula is C24H24N2O4. The summed E-state index contributed by atoms with van der Waals surface area (Å²) in [6, 6.07) is 17.8. The van der Waals surface area contributed by atoms with Crippen LogP contribution in [0.15, 0.2) is 70.9 Å². The van der Waals surface area contributed by atoms with Crippen molar-refractivity contribution >= 4 is 17.3 Å². The molecule has 6 heteroatoms. The van der Waals surface area contributed by atoms with Crippen molar-refractivity contribution in [1.82, 2.24) is 0 Å². The Kier molecular flexibility index (Phi) is 6.80. The van der Waals surface area contributed by atoms with Gasteiger partial charge in [0.1, 0.15) is 17.2 Å². The lowest BCUT2D eigenvalue weighted by atomic mass is 10.1. The Bertz CT molecular complexity index is 1020. The molecule has 0 bridgehead atoms. The van der Waals surface area contributed by atoms with Crippen molar-refractivity contribution in [1.29, 1.82) is 0 Å². The summed E-state index contributed by atoms with van der Waals surface area (Å²) >= 11 is 0. The fourth-order valence-electron chi connectivity index (χ4n) is 2.91. The molecular weight excluding hydrogens is 380 g/mol. The smallest absolute Gasteiger partial charge is 0.343 e. The molecule has 0 fully saturated rings. The third kappa shape index (κ3) is 5.23. The second kappa shape index (κ2) is 9.69. The Morgan fingerprint density at radius 3 is 2.00 bits per heavy atom. The van der Waals surface area contributed by atoms with Crippen molar-refractivity contribution in [2.24, 2.45) is 10.2 Å². The van der Waals surface area contributed by atoms with Crippen LogP contribution < -0.4 is 14.2 Å². The van der Waals surface area contributed by atoms with Crippen LogP contribution in [-0.2, 0) is 0 Å². The SMILES string of the molecule is CCOc1ccc(N=Nc2c(C)cc(OC(=O)c3ccc(OC)cc3)cc2C)cc1. The molecule has 0 atom stereocenters. The van der Waals surface area contributed by atoms with Gasteiger partial charge >= 0.3 is 5.97 Å².